The summed E-state index contributed by atoms with van der Waals surface area (Å²) in [6, 6.07) is 0.414. The summed E-state index contributed by atoms with van der Waals surface area (Å²) in [6.45, 7) is 10.3. The Labute approximate surface area is 138 Å². The third kappa shape index (κ3) is 2.63. The van der Waals surface area contributed by atoms with Gasteiger partial charge in [0.15, 0.2) is 5.96 Å². The van der Waals surface area contributed by atoms with Crippen molar-refractivity contribution in [1.29, 1.82) is 0 Å². The topological polar surface area (TPSA) is 63.5 Å². The summed E-state index contributed by atoms with van der Waals surface area (Å²) in [5, 5.41) is 11.5. The van der Waals surface area contributed by atoms with Crippen molar-refractivity contribution in [2.75, 3.05) is 13.7 Å². The third-order valence-corrected chi connectivity index (χ3v) is 5.71. The molecule has 3 rings (SSSR count). The summed E-state index contributed by atoms with van der Waals surface area (Å²) in [4.78, 5) is 4.40. The van der Waals surface area contributed by atoms with Gasteiger partial charge in [-0.15, -0.1) is 0 Å². The van der Waals surface area contributed by atoms with Crippen molar-refractivity contribution in [1.82, 2.24) is 20.4 Å². The molecule has 2 aliphatic rings. The molecule has 0 amide bonds. The quantitative estimate of drug-likeness (QED) is 0.655. The molecule has 0 spiro atoms. The van der Waals surface area contributed by atoms with E-state index in [1.54, 1.807) is 0 Å². The first-order chi connectivity index (χ1) is 10.9. The summed E-state index contributed by atoms with van der Waals surface area (Å²) < 4.78 is 7.79. The molecule has 3 atom stereocenters. The fourth-order valence-electron chi connectivity index (χ4n) is 4.20. The molecule has 0 aromatic carbocycles. The van der Waals surface area contributed by atoms with Crippen LogP contribution in [0.5, 0.6) is 0 Å². The second-order valence-corrected chi connectivity index (χ2v) is 7.39. The average molecular weight is 319 g/mol. The van der Waals surface area contributed by atoms with Gasteiger partial charge in [-0.2, -0.15) is 5.10 Å². The number of ether oxygens (including phenoxy) is 1. The highest BCUT2D eigenvalue weighted by atomic mass is 16.5. The van der Waals surface area contributed by atoms with Crippen molar-refractivity contribution in [2.24, 2.45) is 23.4 Å². The second-order valence-electron chi connectivity index (χ2n) is 7.39. The highest BCUT2D eigenvalue weighted by Gasteiger charge is 2.59. The minimum Gasteiger partial charge on any atom is -0.377 e. The number of nitrogens with zero attached hydrogens (tertiary/aromatic N) is 3. The first-order valence-corrected chi connectivity index (χ1v) is 8.44. The van der Waals surface area contributed by atoms with Crippen LogP contribution < -0.4 is 10.6 Å². The number of guanidine groups is 1. The largest absolute Gasteiger partial charge is 0.377 e. The van der Waals surface area contributed by atoms with Crippen LogP contribution in [-0.4, -0.2) is 41.5 Å². The Balaban J connectivity index is 1.63. The number of aryl methyl sites for hydroxylation is 2. The third-order valence-electron chi connectivity index (χ3n) is 5.71. The Morgan fingerprint density at radius 1 is 1.43 bits per heavy atom. The van der Waals surface area contributed by atoms with E-state index in [-0.39, 0.29) is 5.41 Å². The summed E-state index contributed by atoms with van der Waals surface area (Å²) >= 11 is 0. The van der Waals surface area contributed by atoms with Gasteiger partial charge in [-0.3, -0.25) is 9.67 Å². The van der Waals surface area contributed by atoms with Crippen LogP contribution in [0.1, 0.15) is 37.2 Å². The lowest BCUT2D eigenvalue weighted by molar-refractivity contribution is -0.106. The molecule has 1 saturated heterocycles. The van der Waals surface area contributed by atoms with Crippen LogP contribution in [0.2, 0.25) is 0 Å². The van der Waals surface area contributed by atoms with Crippen LogP contribution in [-0.2, 0) is 18.3 Å². The molecular formula is C17H29N5O. The van der Waals surface area contributed by atoms with Crippen molar-refractivity contribution in [3.63, 3.8) is 0 Å². The van der Waals surface area contributed by atoms with E-state index in [9.17, 15) is 0 Å². The molecule has 0 radical (unpaired) electrons. The highest BCUT2D eigenvalue weighted by Crippen LogP contribution is 2.52. The van der Waals surface area contributed by atoms with E-state index in [0.29, 0.717) is 18.1 Å². The van der Waals surface area contributed by atoms with Crippen molar-refractivity contribution in [3.8, 4) is 0 Å². The molecule has 1 aliphatic heterocycles. The van der Waals surface area contributed by atoms with E-state index in [0.717, 1.165) is 31.2 Å². The van der Waals surface area contributed by atoms with Gasteiger partial charge in [0.25, 0.3) is 0 Å². The lowest BCUT2D eigenvalue weighted by atomic mass is 9.57. The van der Waals surface area contributed by atoms with Gasteiger partial charge in [0.1, 0.15) is 0 Å². The van der Waals surface area contributed by atoms with Crippen molar-refractivity contribution >= 4 is 5.96 Å². The van der Waals surface area contributed by atoms with Crippen molar-refractivity contribution in [2.45, 2.75) is 52.8 Å². The predicted octanol–water partition coefficient (Wildman–Crippen LogP) is 1.52. The Morgan fingerprint density at radius 2 is 2.17 bits per heavy atom. The van der Waals surface area contributed by atoms with E-state index < -0.39 is 0 Å². The monoisotopic (exact) mass is 319 g/mol. The van der Waals surface area contributed by atoms with Crippen LogP contribution in [0.4, 0.5) is 0 Å². The number of aromatic nitrogens is 2. The maximum absolute atomic E-state index is 5.86. The number of hydrogen-bond acceptors (Lipinski definition) is 3. The van der Waals surface area contributed by atoms with E-state index >= 15 is 0 Å². The summed E-state index contributed by atoms with van der Waals surface area (Å²) in [5.41, 5.74) is 3.66. The zero-order valence-electron chi connectivity index (χ0n) is 15.1. The Morgan fingerprint density at radius 3 is 2.78 bits per heavy atom. The fraction of sp³-hybridized carbons (Fsp3) is 0.765. The molecule has 23 heavy (non-hydrogen) atoms. The van der Waals surface area contributed by atoms with Gasteiger partial charge in [0.2, 0.25) is 0 Å². The normalized spacial score (nSPS) is 29.1. The number of rotatable bonds is 3. The van der Waals surface area contributed by atoms with Crippen LogP contribution >= 0.6 is 0 Å². The summed E-state index contributed by atoms with van der Waals surface area (Å²) in [7, 11) is 3.81. The van der Waals surface area contributed by atoms with Gasteiger partial charge >= 0.3 is 0 Å². The van der Waals surface area contributed by atoms with Crippen molar-refractivity contribution < 1.29 is 4.74 Å². The Hall–Kier alpha value is -1.56. The standard InChI is InChI=1S/C17H29N5O/c1-10-13(11(2)22(6)21-10)9-19-16(18-5)20-14-12-7-8-23-15(12)17(14,3)4/h12,14-15H,7-9H2,1-6H3,(H2,18,19,20). The van der Waals surface area contributed by atoms with Crippen LogP contribution in [0, 0.1) is 25.2 Å². The van der Waals surface area contributed by atoms with E-state index in [2.05, 4.69) is 48.4 Å². The SMILES string of the molecule is CN=C(NCc1c(C)nn(C)c1C)NC1C2CCOC2C1(C)C. The zero-order valence-corrected chi connectivity index (χ0v) is 15.1. The maximum atomic E-state index is 5.86. The molecule has 2 heterocycles. The minimum absolute atomic E-state index is 0.152. The molecule has 128 valence electrons. The molecule has 2 fully saturated rings. The molecule has 0 bridgehead atoms. The summed E-state index contributed by atoms with van der Waals surface area (Å²) in [6.07, 6.45) is 1.53. The van der Waals surface area contributed by atoms with Gasteiger partial charge in [-0.1, -0.05) is 13.8 Å². The zero-order chi connectivity index (χ0) is 16.8. The molecular weight excluding hydrogens is 290 g/mol. The molecule has 2 N–H and O–H groups in total. The van der Waals surface area contributed by atoms with Crippen LogP contribution in [0.3, 0.4) is 0 Å². The first-order valence-electron chi connectivity index (χ1n) is 8.44. The predicted molar refractivity (Wildman–Crippen MR) is 91.4 cm³/mol. The first kappa shape index (κ1) is 16.3. The lowest BCUT2D eigenvalue weighted by Gasteiger charge is -2.54. The molecule has 1 saturated carbocycles. The average Bonchev–Trinajstić information content (AvgIpc) is 3.05. The van der Waals surface area contributed by atoms with E-state index in [4.69, 9.17) is 4.74 Å². The Bertz CT molecular complexity index is 619. The minimum atomic E-state index is 0.152. The van der Waals surface area contributed by atoms with Gasteiger partial charge in [-0.25, -0.2) is 0 Å². The maximum Gasteiger partial charge on any atom is 0.191 e. The Kier molecular flexibility index (Phi) is 4.12. The molecule has 1 aliphatic carbocycles. The number of fused-ring (bicyclic) bond motifs is 1. The number of nitrogens with one attached hydrogen (secondary N) is 2. The van der Waals surface area contributed by atoms with Gasteiger partial charge < -0.3 is 15.4 Å². The van der Waals surface area contributed by atoms with Crippen LogP contribution in [0.15, 0.2) is 4.99 Å². The molecule has 3 unspecified atom stereocenters. The van der Waals surface area contributed by atoms with Gasteiger partial charge in [0, 0.05) is 55.9 Å². The molecule has 6 heteroatoms. The highest BCUT2D eigenvalue weighted by molar-refractivity contribution is 5.80. The fourth-order valence-corrected chi connectivity index (χ4v) is 4.20. The number of hydrogen-bond donors (Lipinski definition) is 2. The van der Waals surface area contributed by atoms with E-state index in [1.807, 2.05) is 18.8 Å². The lowest BCUT2D eigenvalue weighted by Crippen LogP contribution is -2.67. The second kappa shape index (κ2) is 5.82. The van der Waals surface area contributed by atoms with Gasteiger partial charge in [-0.05, 0) is 20.3 Å². The molecule has 1 aromatic rings. The summed E-state index contributed by atoms with van der Waals surface area (Å²) in [5.74, 6) is 1.46. The molecule has 6 nitrogen and oxygen atoms in total. The van der Waals surface area contributed by atoms with Crippen LogP contribution in [0.25, 0.3) is 0 Å². The molecule has 1 aromatic heterocycles. The van der Waals surface area contributed by atoms with E-state index in [1.165, 1.54) is 11.3 Å². The van der Waals surface area contributed by atoms with Crippen molar-refractivity contribution in [3.05, 3.63) is 17.0 Å². The smallest absolute Gasteiger partial charge is 0.191 e. The number of aliphatic imine (C=N–C) groups is 1. The van der Waals surface area contributed by atoms with Gasteiger partial charge in [0.05, 0.1) is 11.8 Å².